The highest BCUT2D eigenvalue weighted by atomic mass is 32.2. The van der Waals surface area contributed by atoms with Crippen LogP contribution in [-0.4, -0.2) is 37.3 Å². The van der Waals surface area contributed by atoms with Gasteiger partial charge in [0, 0.05) is 31.8 Å². The van der Waals surface area contributed by atoms with Crippen LogP contribution >= 0.6 is 0 Å². The lowest BCUT2D eigenvalue weighted by Crippen LogP contribution is -2.35. The van der Waals surface area contributed by atoms with Crippen molar-refractivity contribution in [3.05, 3.63) is 34.4 Å². The summed E-state index contributed by atoms with van der Waals surface area (Å²) in [4.78, 5) is 9.94. The van der Waals surface area contributed by atoms with Crippen molar-refractivity contribution in [3.63, 3.8) is 0 Å². The van der Waals surface area contributed by atoms with Gasteiger partial charge >= 0.3 is 0 Å². The number of likely N-dealkylation sites (N-methyl/N-ethyl adjacent to an activating group) is 1. The Morgan fingerprint density at radius 1 is 1.33 bits per heavy atom. The van der Waals surface area contributed by atoms with Crippen LogP contribution in [0.4, 0.5) is 5.69 Å². The summed E-state index contributed by atoms with van der Waals surface area (Å²) in [6.07, 6.45) is 0. The first-order valence-electron chi connectivity index (χ1n) is 5.38. The molecule has 0 aliphatic rings. The van der Waals surface area contributed by atoms with Crippen LogP contribution in [0.25, 0.3) is 0 Å². The van der Waals surface area contributed by atoms with E-state index in [0.717, 1.165) is 0 Å². The SMILES string of the molecule is CCN(CCN)S(=O)(=O)c1ccc([N+](=O)[O-])cc1. The average Bonchev–Trinajstić information content (AvgIpc) is 2.35. The zero-order valence-electron chi connectivity index (χ0n) is 9.94. The lowest BCUT2D eigenvalue weighted by atomic mass is 10.3. The molecule has 7 nitrogen and oxygen atoms in total. The maximum absolute atomic E-state index is 12.1. The van der Waals surface area contributed by atoms with E-state index in [1.165, 1.54) is 28.6 Å². The van der Waals surface area contributed by atoms with Crippen molar-refractivity contribution < 1.29 is 13.3 Å². The van der Waals surface area contributed by atoms with Gasteiger partial charge in [0.15, 0.2) is 0 Å². The van der Waals surface area contributed by atoms with E-state index >= 15 is 0 Å². The maximum Gasteiger partial charge on any atom is 0.269 e. The second-order valence-corrected chi connectivity index (χ2v) is 5.47. The topological polar surface area (TPSA) is 107 Å². The van der Waals surface area contributed by atoms with Crippen LogP contribution in [0.3, 0.4) is 0 Å². The predicted octanol–water partition coefficient (Wildman–Crippen LogP) is 0.564. The molecule has 0 aliphatic carbocycles. The highest BCUT2D eigenvalue weighted by molar-refractivity contribution is 7.89. The molecule has 0 spiro atoms. The first kappa shape index (κ1) is 14.6. The fraction of sp³-hybridized carbons (Fsp3) is 0.400. The number of nitro benzene ring substituents is 1. The molecule has 100 valence electrons. The van der Waals surface area contributed by atoms with E-state index in [0.29, 0.717) is 6.54 Å². The molecule has 0 aliphatic heterocycles. The molecule has 18 heavy (non-hydrogen) atoms. The largest absolute Gasteiger partial charge is 0.329 e. The molecular formula is C10H15N3O4S. The number of hydrogen-bond donors (Lipinski definition) is 1. The third kappa shape index (κ3) is 3.03. The first-order valence-corrected chi connectivity index (χ1v) is 6.82. The minimum atomic E-state index is -3.63. The fourth-order valence-electron chi connectivity index (χ4n) is 1.48. The number of nitrogens with zero attached hydrogens (tertiary/aromatic N) is 2. The maximum atomic E-state index is 12.1. The van der Waals surface area contributed by atoms with Crippen molar-refractivity contribution in [1.82, 2.24) is 4.31 Å². The second kappa shape index (κ2) is 5.89. The van der Waals surface area contributed by atoms with Gasteiger partial charge in [0.05, 0.1) is 9.82 Å². The van der Waals surface area contributed by atoms with Crippen molar-refractivity contribution in [2.45, 2.75) is 11.8 Å². The van der Waals surface area contributed by atoms with Gasteiger partial charge < -0.3 is 5.73 Å². The molecule has 1 rings (SSSR count). The summed E-state index contributed by atoms with van der Waals surface area (Å²) in [5.41, 5.74) is 5.21. The highest BCUT2D eigenvalue weighted by Gasteiger charge is 2.22. The summed E-state index contributed by atoms with van der Waals surface area (Å²) in [7, 11) is -3.63. The number of nitrogens with two attached hydrogens (primary N) is 1. The lowest BCUT2D eigenvalue weighted by Gasteiger charge is -2.19. The van der Waals surface area contributed by atoms with Gasteiger partial charge in [0.1, 0.15) is 0 Å². The third-order valence-corrected chi connectivity index (χ3v) is 4.41. The highest BCUT2D eigenvalue weighted by Crippen LogP contribution is 2.19. The standard InChI is InChI=1S/C10H15N3O4S/c1-2-12(8-7-11)18(16,17)10-5-3-9(4-6-10)13(14)15/h3-6H,2,7-8,11H2,1H3. The van der Waals surface area contributed by atoms with Gasteiger partial charge in [0.2, 0.25) is 10.0 Å². The van der Waals surface area contributed by atoms with Crippen molar-refractivity contribution in [2.24, 2.45) is 5.73 Å². The molecule has 0 bridgehead atoms. The third-order valence-electron chi connectivity index (χ3n) is 2.42. The van der Waals surface area contributed by atoms with Crippen LogP contribution in [0.2, 0.25) is 0 Å². The van der Waals surface area contributed by atoms with E-state index < -0.39 is 14.9 Å². The monoisotopic (exact) mass is 273 g/mol. The van der Waals surface area contributed by atoms with E-state index in [1.54, 1.807) is 6.92 Å². The van der Waals surface area contributed by atoms with Crippen LogP contribution in [0.1, 0.15) is 6.92 Å². The Hall–Kier alpha value is -1.51. The van der Waals surface area contributed by atoms with Crippen LogP contribution in [0.15, 0.2) is 29.2 Å². The van der Waals surface area contributed by atoms with Crippen molar-refractivity contribution >= 4 is 15.7 Å². The number of non-ortho nitro benzene ring substituents is 1. The summed E-state index contributed by atoms with van der Waals surface area (Å²) in [6.45, 7) is 2.45. The predicted molar refractivity (Wildman–Crippen MR) is 66.6 cm³/mol. The molecule has 8 heteroatoms. The zero-order chi connectivity index (χ0) is 13.8. The van der Waals surface area contributed by atoms with E-state index in [2.05, 4.69) is 0 Å². The zero-order valence-corrected chi connectivity index (χ0v) is 10.8. The second-order valence-electron chi connectivity index (χ2n) is 3.54. The van der Waals surface area contributed by atoms with Crippen molar-refractivity contribution in [2.75, 3.05) is 19.6 Å². The van der Waals surface area contributed by atoms with Crippen molar-refractivity contribution in [1.29, 1.82) is 0 Å². The molecule has 0 saturated heterocycles. The van der Waals surface area contributed by atoms with Crippen molar-refractivity contribution in [3.8, 4) is 0 Å². The van der Waals surface area contributed by atoms with Crippen LogP contribution < -0.4 is 5.73 Å². The smallest absolute Gasteiger partial charge is 0.269 e. The van der Waals surface area contributed by atoms with Gasteiger partial charge in [-0.1, -0.05) is 6.92 Å². The Bertz CT molecular complexity index is 512. The summed E-state index contributed by atoms with van der Waals surface area (Å²) in [5.74, 6) is 0. The summed E-state index contributed by atoms with van der Waals surface area (Å²) >= 11 is 0. The molecule has 1 aromatic rings. The van der Waals surface area contributed by atoms with E-state index in [-0.39, 0.29) is 23.7 Å². The summed E-state index contributed by atoms with van der Waals surface area (Å²) in [6, 6.07) is 4.80. The average molecular weight is 273 g/mol. The van der Waals surface area contributed by atoms with Gasteiger partial charge in [-0.25, -0.2) is 8.42 Å². The van der Waals surface area contributed by atoms with E-state index in [9.17, 15) is 18.5 Å². The Morgan fingerprint density at radius 3 is 2.28 bits per heavy atom. The van der Waals surface area contributed by atoms with E-state index in [4.69, 9.17) is 5.73 Å². The Labute approximate surface area is 105 Å². The molecular weight excluding hydrogens is 258 g/mol. The Balaban J connectivity index is 3.08. The van der Waals surface area contributed by atoms with Gasteiger partial charge in [0.25, 0.3) is 5.69 Å². The van der Waals surface area contributed by atoms with Gasteiger partial charge in [-0.2, -0.15) is 4.31 Å². The molecule has 0 amide bonds. The number of hydrogen-bond acceptors (Lipinski definition) is 5. The molecule has 0 unspecified atom stereocenters. The van der Waals surface area contributed by atoms with E-state index in [1.807, 2.05) is 0 Å². The number of sulfonamides is 1. The normalized spacial score (nSPS) is 11.7. The Kier molecular flexibility index (Phi) is 4.76. The fourth-order valence-corrected chi connectivity index (χ4v) is 2.94. The van der Waals surface area contributed by atoms with Gasteiger partial charge in [-0.15, -0.1) is 0 Å². The minimum Gasteiger partial charge on any atom is -0.329 e. The van der Waals surface area contributed by atoms with Gasteiger partial charge in [-0.05, 0) is 12.1 Å². The lowest BCUT2D eigenvalue weighted by molar-refractivity contribution is -0.384. The molecule has 2 N–H and O–H groups in total. The molecule has 0 atom stereocenters. The molecule has 0 heterocycles. The van der Waals surface area contributed by atoms with Crippen LogP contribution in [-0.2, 0) is 10.0 Å². The Morgan fingerprint density at radius 2 is 1.89 bits per heavy atom. The number of rotatable bonds is 6. The molecule has 0 saturated carbocycles. The van der Waals surface area contributed by atoms with Crippen LogP contribution in [0.5, 0.6) is 0 Å². The van der Waals surface area contributed by atoms with Gasteiger partial charge in [-0.3, -0.25) is 10.1 Å². The quantitative estimate of drug-likeness (QED) is 0.602. The summed E-state index contributed by atoms with van der Waals surface area (Å²) in [5, 5.41) is 10.5. The molecule has 1 aromatic carbocycles. The molecule has 0 aromatic heterocycles. The number of nitro groups is 1. The summed E-state index contributed by atoms with van der Waals surface area (Å²) < 4.78 is 25.5. The number of benzene rings is 1. The van der Waals surface area contributed by atoms with Crippen LogP contribution in [0, 0.1) is 10.1 Å². The molecule has 0 radical (unpaired) electrons. The minimum absolute atomic E-state index is 0.0309. The molecule has 0 fully saturated rings. The first-order chi connectivity index (χ1) is 8.43.